The normalized spacial score (nSPS) is 22.6. The highest BCUT2D eigenvalue weighted by Crippen LogP contribution is 2.26. The Morgan fingerprint density at radius 2 is 2.22 bits per heavy atom. The van der Waals surface area contributed by atoms with E-state index in [4.69, 9.17) is 4.99 Å². The third-order valence-corrected chi connectivity index (χ3v) is 4.68. The topological polar surface area (TPSA) is 104 Å². The summed E-state index contributed by atoms with van der Waals surface area (Å²) in [6.07, 6.45) is 5.94. The minimum atomic E-state index is -0.328. The van der Waals surface area contributed by atoms with Crippen molar-refractivity contribution in [3.63, 3.8) is 0 Å². The smallest absolute Gasteiger partial charge is 0.169 e. The molecule has 1 aromatic heterocycles. The first-order valence-corrected chi connectivity index (χ1v) is 8.97. The van der Waals surface area contributed by atoms with E-state index in [9.17, 15) is 5.26 Å². The van der Waals surface area contributed by atoms with Crippen LogP contribution in [0.3, 0.4) is 0 Å². The minimum Gasteiger partial charge on any atom is -0.341 e. The zero-order valence-electron chi connectivity index (χ0n) is 14.6. The third-order valence-electron chi connectivity index (χ3n) is 4.68. The quantitative estimate of drug-likeness (QED) is 0.776. The molecule has 1 saturated carbocycles. The van der Waals surface area contributed by atoms with Crippen LogP contribution < -0.4 is 10.7 Å². The Morgan fingerprint density at radius 1 is 1.30 bits per heavy atom. The molecule has 1 aromatic carbocycles. The van der Waals surface area contributed by atoms with Gasteiger partial charge in [-0.1, -0.05) is 12.1 Å². The maximum absolute atomic E-state index is 9.41. The molecular weight excluding hydrogens is 340 g/mol. The molecule has 1 atom stereocenters. The lowest BCUT2D eigenvalue weighted by Gasteiger charge is -2.31. The average molecular weight is 358 g/mol. The molecule has 5 rings (SSSR count). The van der Waals surface area contributed by atoms with E-state index in [2.05, 4.69) is 32.0 Å². The van der Waals surface area contributed by atoms with E-state index >= 15 is 0 Å². The Hall–Kier alpha value is -3.60. The summed E-state index contributed by atoms with van der Waals surface area (Å²) in [7, 11) is 0. The predicted octanol–water partition coefficient (Wildman–Crippen LogP) is 2.06. The number of H-pyrrole nitrogens is 1. The monoisotopic (exact) mass is 358 g/mol. The van der Waals surface area contributed by atoms with E-state index in [1.807, 2.05) is 41.4 Å². The van der Waals surface area contributed by atoms with Gasteiger partial charge in [0.15, 0.2) is 11.9 Å². The van der Waals surface area contributed by atoms with E-state index in [0.717, 1.165) is 47.2 Å². The molecular formula is C19H18N8. The lowest BCUT2D eigenvalue weighted by Crippen LogP contribution is -2.52. The Morgan fingerprint density at radius 3 is 3.00 bits per heavy atom. The number of hydrogen-bond donors (Lipinski definition) is 3. The number of fused-ring (bicyclic) bond motifs is 1. The van der Waals surface area contributed by atoms with Gasteiger partial charge in [0.05, 0.1) is 24.3 Å². The summed E-state index contributed by atoms with van der Waals surface area (Å²) < 4.78 is 0. The molecule has 0 amide bonds. The van der Waals surface area contributed by atoms with Gasteiger partial charge in [0.1, 0.15) is 11.5 Å². The molecule has 134 valence electrons. The first-order valence-electron chi connectivity index (χ1n) is 8.97. The van der Waals surface area contributed by atoms with E-state index in [1.54, 1.807) is 6.20 Å². The highest BCUT2D eigenvalue weighted by atomic mass is 15.6. The van der Waals surface area contributed by atoms with Crippen LogP contribution in [0.5, 0.6) is 0 Å². The zero-order valence-corrected chi connectivity index (χ0v) is 14.6. The van der Waals surface area contributed by atoms with Crippen LogP contribution in [0.1, 0.15) is 12.8 Å². The molecule has 8 heteroatoms. The first-order chi connectivity index (χ1) is 13.3. The lowest BCUT2D eigenvalue weighted by molar-refractivity contribution is 0.328. The summed E-state index contributed by atoms with van der Waals surface area (Å²) in [5, 5.41) is 21.6. The summed E-state index contributed by atoms with van der Waals surface area (Å²) in [5.41, 5.74) is 7.03. The molecule has 8 nitrogen and oxygen atoms in total. The maximum Gasteiger partial charge on any atom is 0.169 e. The molecule has 0 bridgehead atoms. The van der Waals surface area contributed by atoms with E-state index in [0.29, 0.717) is 12.6 Å². The highest BCUT2D eigenvalue weighted by molar-refractivity contribution is 6.46. The summed E-state index contributed by atoms with van der Waals surface area (Å²) in [6.45, 7) is 0.457. The van der Waals surface area contributed by atoms with Crippen LogP contribution >= 0.6 is 0 Å². The number of nitrogens with one attached hydrogen (secondary N) is 3. The van der Waals surface area contributed by atoms with Crippen molar-refractivity contribution >= 4 is 17.2 Å². The van der Waals surface area contributed by atoms with Gasteiger partial charge >= 0.3 is 0 Å². The van der Waals surface area contributed by atoms with Gasteiger partial charge < -0.3 is 5.32 Å². The van der Waals surface area contributed by atoms with Crippen molar-refractivity contribution in [1.29, 1.82) is 5.26 Å². The van der Waals surface area contributed by atoms with Crippen LogP contribution in [0, 0.1) is 11.3 Å². The van der Waals surface area contributed by atoms with E-state index in [1.165, 1.54) is 0 Å². The number of anilines is 1. The molecule has 3 heterocycles. The van der Waals surface area contributed by atoms with Crippen molar-refractivity contribution in [1.82, 2.24) is 20.6 Å². The van der Waals surface area contributed by atoms with Crippen molar-refractivity contribution in [3.05, 3.63) is 48.4 Å². The average Bonchev–Trinajstić information content (AvgIpc) is 3.18. The molecule has 0 spiro atoms. The number of nitrogens with zero attached hydrogens (tertiary/aromatic N) is 5. The summed E-state index contributed by atoms with van der Waals surface area (Å²) in [6, 6.07) is 12.3. The highest BCUT2D eigenvalue weighted by Gasteiger charge is 2.35. The van der Waals surface area contributed by atoms with Gasteiger partial charge in [0, 0.05) is 23.5 Å². The largest absolute Gasteiger partial charge is 0.341 e. The number of aromatic amines is 1. The molecule has 27 heavy (non-hydrogen) atoms. The van der Waals surface area contributed by atoms with Crippen LogP contribution in [0.4, 0.5) is 5.69 Å². The van der Waals surface area contributed by atoms with Crippen LogP contribution in [0.15, 0.2) is 58.4 Å². The number of aromatic nitrogens is 2. The Balaban J connectivity index is 1.44. The molecule has 1 fully saturated rings. The number of hydrogen-bond acceptors (Lipinski definition) is 7. The second-order valence-corrected chi connectivity index (χ2v) is 6.77. The SMILES string of the molecule is N#CC1CN=C2C(=NC3CC3)C=C(Nc3cccc(-c4ccn[nH]4)c3)NN21. The van der Waals surface area contributed by atoms with Gasteiger partial charge in [-0.2, -0.15) is 10.4 Å². The second-order valence-electron chi connectivity index (χ2n) is 6.77. The fraction of sp³-hybridized carbons (Fsp3) is 0.263. The second kappa shape index (κ2) is 6.29. The molecule has 2 aliphatic heterocycles. The number of nitriles is 1. The maximum atomic E-state index is 9.41. The minimum absolute atomic E-state index is 0.328. The fourth-order valence-electron chi connectivity index (χ4n) is 3.17. The summed E-state index contributed by atoms with van der Waals surface area (Å²) in [5.74, 6) is 1.53. The van der Waals surface area contributed by atoms with Gasteiger partial charge in [-0.25, -0.2) is 5.01 Å². The Labute approximate surface area is 156 Å². The number of hydrazine groups is 1. The van der Waals surface area contributed by atoms with E-state index < -0.39 is 0 Å². The van der Waals surface area contributed by atoms with Crippen molar-refractivity contribution in [3.8, 4) is 17.3 Å². The van der Waals surface area contributed by atoms with Gasteiger partial charge in [0.25, 0.3) is 0 Å². The number of aliphatic imine (C=N–C) groups is 2. The van der Waals surface area contributed by atoms with Crippen LogP contribution in [-0.4, -0.2) is 45.4 Å². The van der Waals surface area contributed by atoms with Crippen molar-refractivity contribution in [2.45, 2.75) is 24.9 Å². The predicted molar refractivity (Wildman–Crippen MR) is 103 cm³/mol. The first kappa shape index (κ1) is 15.6. The number of amidine groups is 1. The summed E-state index contributed by atoms with van der Waals surface area (Å²) >= 11 is 0. The fourth-order valence-corrected chi connectivity index (χ4v) is 3.17. The van der Waals surface area contributed by atoms with Gasteiger partial charge in [-0.15, -0.1) is 0 Å². The van der Waals surface area contributed by atoms with Crippen molar-refractivity contribution in [2.75, 3.05) is 11.9 Å². The Kier molecular flexibility index (Phi) is 3.64. The van der Waals surface area contributed by atoms with Gasteiger partial charge in [0.2, 0.25) is 0 Å². The molecule has 0 saturated heterocycles. The molecule has 3 N–H and O–H groups in total. The molecule has 1 aliphatic carbocycles. The standard InChI is InChI=1S/C19H18N8/c20-10-15-11-21-19-17(23-13-4-5-13)9-18(26-27(15)19)24-14-3-1-2-12(8-14)16-6-7-22-25-16/h1-3,6-9,13,15,24,26H,4-5,11H2,(H,22,25). The zero-order chi connectivity index (χ0) is 18.2. The number of rotatable bonds is 4. The van der Waals surface area contributed by atoms with Crippen molar-refractivity contribution in [2.24, 2.45) is 9.98 Å². The lowest BCUT2D eigenvalue weighted by atomic mass is 10.1. The van der Waals surface area contributed by atoms with Crippen LogP contribution in [0.2, 0.25) is 0 Å². The molecule has 1 unspecified atom stereocenters. The van der Waals surface area contributed by atoms with Gasteiger partial charge in [-0.05, 0) is 31.0 Å². The van der Waals surface area contributed by atoms with Crippen molar-refractivity contribution < 1.29 is 0 Å². The van der Waals surface area contributed by atoms with Crippen LogP contribution in [0.25, 0.3) is 11.3 Å². The third kappa shape index (κ3) is 3.04. The molecule has 3 aliphatic rings. The summed E-state index contributed by atoms with van der Waals surface area (Å²) in [4.78, 5) is 9.28. The van der Waals surface area contributed by atoms with E-state index in [-0.39, 0.29) is 6.04 Å². The van der Waals surface area contributed by atoms with Gasteiger partial charge in [-0.3, -0.25) is 20.5 Å². The molecule has 0 radical (unpaired) electrons. The number of benzene rings is 1. The Bertz CT molecular complexity index is 991. The molecule has 2 aromatic rings. The van der Waals surface area contributed by atoms with Crippen LogP contribution in [-0.2, 0) is 0 Å².